The first kappa shape index (κ1) is 11.7. The van der Waals surface area contributed by atoms with Crippen LogP contribution in [0.1, 0.15) is 28.4 Å². The summed E-state index contributed by atoms with van der Waals surface area (Å²) in [6, 6.07) is 5.70. The molecule has 0 aliphatic rings. The highest BCUT2D eigenvalue weighted by Gasteiger charge is 2.08. The van der Waals surface area contributed by atoms with Crippen molar-refractivity contribution in [2.24, 2.45) is 5.73 Å². The molecule has 0 bridgehead atoms. The fourth-order valence-corrected chi connectivity index (χ4v) is 1.25. The summed E-state index contributed by atoms with van der Waals surface area (Å²) in [5, 5.41) is 2.83. The zero-order valence-electron chi connectivity index (χ0n) is 9.50. The number of rotatable bonds is 3. The molecule has 0 saturated heterocycles. The number of aryl methyl sites for hydroxylation is 2. The van der Waals surface area contributed by atoms with Crippen molar-refractivity contribution in [2.75, 3.05) is 6.54 Å². The van der Waals surface area contributed by atoms with E-state index in [9.17, 15) is 4.79 Å². The van der Waals surface area contributed by atoms with Crippen LogP contribution in [-0.4, -0.2) is 18.5 Å². The minimum Gasteiger partial charge on any atom is -0.348 e. The molecule has 82 valence electrons. The number of nitrogens with two attached hydrogens (primary N) is 1. The molecule has 0 saturated carbocycles. The van der Waals surface area contributed by atoms with E-state index in [0.717, 1.165) is 5.56 Å². The first-order valence-electron chi connectivity index (χ1n) is 5.12. The molecule has 1 aromatic carbocycles. The van der Waals surface area contributed by atoms with Gasteiger partial charge in [0.05, 0.1) is 0 Å². The molecule has 3 heteroatoms. The van der Waals surface area contributed by atoms with E-state index in [1.807, 2.05) is 39.0 Å². The van der Waals surface area contributed by atoms with Gasteiger partial charge in [0.15, 0.2) is 0 Å². The van der Waals surface area contributed by atoms with E-state index in [0.29, 0.717) is 12.1 Å². The van der Waals surface area contributed by atoms with Gasteiger partial charge in [0.2, 0.25) is 0 Å². The van der Waals surface area contributed by atoms with E-state index in [2.05, 4.69) is 5.32 Å². The Morgan fingerprint density at radius 3 is 2.60 bits per heavy atom. The summed E-state index contributed by atoms with van der Waals surface area (Å²) < 4.78 is 0. The summed E-state index contributed by atoms with van der Waals surface area (Å²) >= 11 is 0. The zero-order chi connectivity index (χ0) is 11.4. The topological polar surface area (TPSA) is 55.1 Å². The molecule has 0 unspecified atom stereocenters. The van der Waals surface area contributed by atoms with Crippen molar-refractivity contribution in [3.05, 3.63) is 34.9 Å². The largest absolute Gasteiger partial charge is 0.348 e. The molecule has 0 fully saturated rings. The molecule has 15 heavy (non-hydrogen) atoms. The second-order valence-electron chi connectivity index (χ2n) is 3.91. The van der Waals surface area contributed by atoms with Gasteiger partial charge < -0.3 is 11.1 Å². The van der Waals surface area contributed by atoms with E-state index in [1.54, 1.807) is 0 Å². The number of hydrogen-bond donors (Lipinski definition) is 2. The van der Waals surface area contributed by atoms with Crippen LogP contribution in [0, 0.1) is 13.8 Å². The Labute approximate surface area is 90.7 Å². The minimum absolute atomic E-state index is 0.0131. The van der Waals surface area contributed by atoms with E-state index in [-0.39, 0.29) is 11.9 Å². The van der Waals surface area contributed by atoms with Gasteiger partial charge in [-0.25, -0.2) is 0 Å². The molecule has 0 aromatic heterocycles. The van der Waals surface area contributed by atoms with Crippen LogP contribution in [0.3, 0.4) is 0 Å². The molecule has 1 atom stereocenters. The van der Waals surface area contributed by atoms with Crippen LogP contribution < -0.4 is 11.1 Å². The lowest BCUT2D eigenvalue weighted by Crippen LogP contribution is -2.37. The predicted octanol–water partition coefficient (Wildman–Crippen LogP) is 1.38. The second kappa shape index (κ2) is 4.94. The van der Waals surface area contributed by atoms with Gasteiger partial charge in [0.25, 0.3) is 5.91 Å². The summed E-state index contributed by atoms with van der Waals surface area (Å²) in [5.74, 6) is -0.0592. The van der Waals surface area contributed by atoms with E-state index in [4.69, 9.17) is 5.73 Å². The second-order valence-corrected chi connectivity index (χ2v) is 3.91. The fraction of sp³-hybridized carbons (Fsp3) is 0.417. The number of hydrogen-bond acceptors (Lipinski definition) is 2. The van der Waals surface area contributed by atoms with Crippen LogP contribution in [-0.2, 0) is 0 Å². The molecule has 0 heterocycles. The van der Waals surface area contributed by atoms with Gasteiger partial charge in [-0.05, 0) is 44.0 Å². The van der Waals surface area contributed by atoms with Crippen LogP contribution in [0.25, 0.3) is 0 Å². The smallest absolute Gasteiger partial charge is 0.251 e. The summed E-state index contributed by atoms with van der Waals surface area (Å²) in [5.41, 5.74) is 8.45. The van der Waals surface area contributed by atoms with Gasteiger partial charge in [-0.15, -0.1) is 0 Å². The Kier molecular flexibility index (Phi) is 3.86. The zero-order valence-corrected chi connectivity index (χ0v) is 9.50. The van der Waals surface area contributed by atoms with Crippen LogP contribution >= 0.6 is 0 Å². The molecule has 0 spiro atoms. The predicted molar refractivity (Wildman–Crippen MR) is 61.9 cm³/mol. The number of nitrogens with one attached hydrogen (secondary N) is 1. The SMILES string of the molecule is Cc1ccc(C(=O)N[C@H](C)CN)cc1C. The first-order chi connectivity index (χ1) is 7.04. The Morgan fingerprint density at radius 2 is 2.07 bits per heavy atom. The number of amides is 1. The van der Waals surface area contributed by atoms with E-state index in [1.165, 1.54) is 5.56 Å². The number of benzene rings is 1. The molecule has 0 aliphatic carbocycles. The average molecular weight is 206 g/mol. The monoisotopic (exact) mass is 206 g/mol. The maximum atomic E-state index is 11.7. The van der Waals surface area contributed by atoms with Gasteiger partial charge in [-0.3, -0.25) is 4.79 Å². The normalized spacial score (nSPS) is 12.3. The van der Waals surface area contributed by atoms with Crippen LogP contribution in [0.4, 0.5) is 0 Å². The highest BCUT2D eigenvalue weighted by molar-refractivity contribution is 5.94. The van der Waals surface area contributed by atoms with Gasteiger partial charge in [-0.1, -0.05) is 6.07 Å². The van der Waals surface area contributed by atoms with Gasteiger partial charge >= 0.3 is 0 Å². The highest BCUT2D eigenvalue weighted by Crippen LogP contribution is 2.09. The summed E-state index contributed by atoms with van der Waals surface area (Å²) in [4.78, 5) is 11.7. The maximum Gasteiger partial charge on any atom is 0.251 e. The van der Waals surface area contributed by atoms with Crippen molar-refractivity contribution in [3.8, 4) is 0 Å². The molecule has 1 rings (SSSR count). The van der Waals surface area contributed by atoms with Gasteiger partial charge in [0, 0.05) is 18.2 Å². The lowest BCUT2D eigenvalue weighted by atomic mass is 10.1. The molecular weight excluding hydrogens is 188 g/mol. The molecule has 0 aliphatic heterocycles. The van der Waals surface area contributed by atoms with Crippen molar-refractivity contribution in [2.45, 2.75) is 26.8 Å². The third kappa shape index (κ3) is 3.06. The minimum atomic E-state index is -0.0592. The van der Waals surface area contributed by atoms with E-state index < -0.39 is 0 Å². The van der Waals surface area contributed by atoms with Gasteiger partial charge in [0.1, 0.15) is 0 Å². The van der Waals surface area contributed by atoms with Crippen LogP contribution in [0.5, 0.6) is 0 Å². The van der Waals surface area contributed by atoms with Crippen molar-refractivity contribution in [3.63, 3.8) is 0 Å². The summed E-state index contributed by atoms with van der Waals surface area (Å²) in [6.07, 6.45) is 0. The lowest BCUT2D eigenvalue weighted by molar-refractivity contribution is 0.0941. The Hall–Kier alpha value is -1.35. The molecule has 0 radical (unpaired) electrons. The van der Waals surface area contributed by atoms with Crippen molar-refractivity contribution in [1.82, 2.24) is 5.32 Å². The van der Waals surface area contributed by atoms with Gasteiger partial charge in [-0.2, -0.15) is 0 Å². The third-order valence-corrected chi connectivity index (χ3v) is 2.50. The quantitative estimate of drug-likeness (QED) is 0.785. The first-order valence-corrected chi connectivity index (χ1v) is 5.12. The molecule has 1 amide bonds. The number of carbonyl (C=O) groups is 1. The van der Waals surface area contributed by atoms with E-state index >= 15 is 0 Å². The van der Waals surface area contributed by atoms with Crippen molar-refractivity contribution < 1.29 is 4.79 Å². The number of carbonyl (C=O) groups excluding carboxylic acids is 1. The Bertz CT molecular complexity index is 361. The molecule has 3 N–H and O–H groups in total. The Balaban J connectivity index is 2.78. The standard InChI is InChI=1S/C12H18N2O/c1-8-4-5-11(6-9(8)2)12(15)14-10(3)7-13/h4-6,10H,7,13H2,1-3H3,(H,14,15)/t10-/m1/s1. The molecule has 3 nitrogen and oxygen atoms in total. The van der Waals surface area contributed by atoms with Crippen molar-refractivity contribution >= 4 is 5.91 Å². The maximum absolute atomic E-state index is 11.7. The third-order valence-electron chi connectivity index (χ3n) is 2.50. The molecular formula is C12H18N2O. The fourth-order valence-electron chi connectivity index (χ4n) is 1.25. The highest BCUT2D eigenvalue weighted by atomic mass is 16.1. The van der Waals surface area contributed by atoms with Crippen LogP contribution in [0.2, 0.25) is 0 Å². The average Bonchev–Trinajstić information content (AvgIpc) is 2.21. The molecule has 1 aromatic rings. The van der Waals surface area contributed by atoms with Crippen molar-refractivity contribution in [1.29, 1.82) is 0 Å². The Morgan fingerprint density at radius 1 is 1.40 bits per heavy atom. The summed E-state index contributed by atoms with van der Waals surface area (Å²) in [6.45, 7) is 6.37. The van der Waals surface area contributed by atoms with Crippen LogP contribution in [0.15, 0.2) is 18.2 Å². The summed E-state index contributed by atoms with van der Waals surface area (Å²) in [7, 11) is 0. The lowest BCUT2D eigenvalue weighted by Gasteiger charge is -2.11.